The topological polar surface area (TPSA) is 57.5 Å². The molecule has 0 amide bonds. The third kappa shape index (κ3) is 3.15. The number of carboxylic acids is 1. The lowest BCUT2D eigenvalue weighted by Gasteiger charge is -2.42. The minimum absolute atomic E-state index is 0.00351. The Morgan fingerprint density at radius 2 is 1.48 bits per heavy atom. The maximum Gasteiger partial charge on any atom is 0.335 e. The number of hydrogen-bond acceptors (Lipinski definition) is 2. The van der Waals surface area contributed by atoms with E-state index in [1.165, 1.54) is 23.3 Å². The highest BCUT2D eigenvalue weighted by Gasteiger charge is 2.39. The molecule has 2 aromatic carbocycles. The van der Waals surface area contributed by atoms with Crippen LogP contribution in [0.25, 0.3) is 0 Å². The highest BCUT2D eigenvalue weighted by atomic mass is 16.4. The Morgan fingerprint density at radius 1 is 0.963 bits per heavy atom. The van der Waals surface area contributed by atoms with Crippen molar-refractivity contribution in [2.75, 3.05) is 0 Å². The van der Waals surface area contributed by atoms with Gasteiger partial charge in [-0.1, -0.05) is 63.9 Å². The molecule has 1 aliphatic carbocycles. The molecule has 0 fully saturated rings. The van der Waals surface area contributed by atoms with Gasteiger partial charge in [0.15, 0.2) is 5.60 Å². The number of aromatic carboxylic acids is 1. The number of carboxylic acid groups (broad SMARTS) is 1. The molecular formula is C24H26O3. The van der Waals surface area contributed by atoms with E-state index >= 15 is 0 Å². The molecule has 140 valence electrons. The number of rotatable bonds is 3. The molecule has 3 heteroatoms. The normalized spacial score (nSPS) is 19.4. The predicted molar refractivity (Wildman–Crippen MR) is 107 cm³/mol. The van der Waals surface area contributed by atoms with Gasteiger partial charge in [0.25, 0.3) is 0 Å². The van der Waals surface area contributed by atoms with Crippen molar-refractivity contribution in [3.63, 3.8) is 0 Å². The molecule has 3 nitrogen and oxygen atoms in total. The monoisotopic (exact) mass is 362 g/mol. The summed E-state index contributed by atoms with van der Waals surface area (Å²) in [6.07, 6.45) is 7.93. The van der Waals surface area contributed by atoms with Gasteiger partial charge >= 0.3 is 5.97 Å². The predicted octanol–water partition coefficient (Wildman–Crippen LogP) is 4.60. The number of benzene rings is 2. The lowest BCUT2D eigenvalue weighted by molar-refractivity contribution is 0.0696. The van der Waals surface area contributed by atoms with Gasteiger partial charge in [-0.25, -0.2) is 4.79 Å². The molecule has 0 saturated heterocycles. The molecule has 0 heterocycles. The fraction of sp³-hybridized carbons (Fsp3) is 0.375. The van der Waals surface area contributed by atoms with Crippen LogP contribution in [-0.2, 0) is 16.4 Å². The summed E-state index contributed by atoms with van der Waals surface area (Å²) in [6.45, 7) is 8.94. The first-order valence-corrected chi connectivity index (χ1v) is 9.21. The molecule has 0 aliphatic heterocycles. The summed E-state index contributed by atoms with van der Waals surface area (Å²) in [5.41, 5.74) is 2.27. The molecule has 0 radical (unpaired) electrons. The Bertz CT molecular complexity index is 929. The van der Waals surface area contributed by atoms with Gasteiger partial charge in [0, 0.05) is 11.1 Å². The maximum atomic E-state index is 11.3. The fourth-order valence-corrected chi connectivity index (χ4v) is 4.00. The van der Waals surface area contributed by atoms with Crippen LogP contribution in [0.3, 0.4) is 0 Å². The van der Waals surface area contributed by atoms with Gasteiger partial charge in [-0.15, -0.1) is 6.42 Å². The van der Waals surface area contributed by atoms with Gasteiger partial charge in [-0.2, -0.15) is 0 Å². The SMILES string of the molecule is C#CC(O)(c1ccc(C(=O)O)cc1)c1ccc2c(c1)C(C)(C)CCC2(C)C. The summed E-state index contributed by atoms with van der Waals surface area (Å²) in [4.78, 5) is 11.1. The smallest absolute Gasteiger partial charge is 0.335 e. The van der Waals surface area contributed by atoms with Crippen molar-refractivity contribution in [2.24, 2.45) is 0 Å². The van der Waals surface area contributed by atoms with Crippen molar-refractivity contribution in [1.82, 2.24) is 0 Å². The standard InChI is InChI=1S/C24H26O3/c1-6-24(27,17-9-7-16(8-10-17)21(25)26)18-11-12-19-20(15-18)23(4,5)14-13-22(19,2)3/h1,7-12,15,27H,13-14H2,2-5H3,(H,25,26). The molecule has 1 unspecified atom stereocenters. The zero-order chi connectivity index (χ0) is 20.0. The second kappa shape index (κ2) is 6.25. The van der Waals surface area contributed by atoms with E-state index < -0.39 is 11.6 Å². The van der Waals surface area contributed by atoms with Crippen LogP contribution in [0.2, 0.25) is 0 Å². The number of carbonyl (C=O) groups is 1. The summed E-state index contributed by atoms with van der Waals surface area (Å²) in [5.74, 6) is 1.51. The molecule has 0 saturated carbocycles. The van der Waals surface area contributed by atoms with Crippen LogP contribution >= 0.6 is 0 Å². The highest BCUT2D eigenvalue weighted by Crippen LogP contribution is 2.47. The van der Waals surface area contributed by atoms with Crippen molar-refractivity contribution >= 4 is 5.97 Å². The molecule has 0 aromatic heterocycles. The Balaban J connectivity index is 2.14. The summed E-state index contributed by atoms with van der Waals surface area (Å²) < 4.78 is 0. The van der Waals surface area contributed by atoms with Crippen LogP contribution in [-0.4, -0.2) is 16.2 Å². The van der Waals surface area contributed by atoms with E-state index in [0.29, 0.717) is 11.1 Å². The first-order chi connectivity index (χ1) is 12.5. The summed E-state index contributed by atoms with van der Waals surface area (Å²) in [6, 6.07) is 12.1. The first kappa shape index (κ1) is 19.2. The molecule has 1 aliphatic rings. The lowest BCUT2D eigenvalue weighted by atomic mass is 9.62. The van der Waals surface area contributed by atoms with Gasteiger partial charge in [0.2, 0.25) is 0 Å². The molecule has 2 N–H and O–H groups in total. The molecule has 1 atom stereocenters. The van der Waals surface area contributed by atoms with E-state index in [1.54, 1.807) is 12.1 Å². The van der Waals surface area contributed by atoms with Crippen LogP contribution < -0.4 is 0 Å². The van der Waals surface area contributed by atoms with Gasteiger partial charge in [0.1, 0.15) is 0 Å². The second-order valence-corrected chi connectivity index (χ2v) is 8.77. The third-order valence-corrected chi connectivity index (χ3v) is 6.03. The fourth-order valence-electron chi connectivity index (χ4n) is 4.00. The second-order valence-electron chi connectivity index (χ2n) is 8.77. The van der Waals surface area contributed by atoms with Crippen molar-refractivity contribution in [3.05, 3.63) is 70.3 Å². The largest absolute Gasteiger partial charge is 0.478 e. The first-order valence-electron chi connectivity index (χ1n) is 9.21. The Labute approximate surface area is 161 Å². The molecule has 0 spiro atoms. The summed E-state index contributed by atoms with van der Waals surface area (Å²) in [5, 5.41) is 20.4. The van der Waals surface area contributed by atoms with Crippen molar-refractivity contribution < 1.29 is 15.0 Å². The quantitative estimate of drug-likeness (QED) is 0.785. The zero-order valence-corrected chi connectivity index (χ0v) is 16.3. The van der Waals surface area contributed by atoms with Crippen molar-refractivity contribution in [3.8, 4) is 12.3 Å². The summed E-state index contributed by atoms with van der Waals surface area (Å²) in [7, 11) is 0. The minimum atomic E-state index is -1.61. The highest BCUT2D eigenvalue weighted by molar-refractivity contribution is 5.87. The van der Waals surface area contributed by atoms with Gasteiger partial charge in [-0.3, -0.25) is 0 Å². The van der Waals surface area contributed by atoms with Crippen molar-refractivity contribution in [2.45, 2.75) is 57.0 Å². The molecule has 3 rings (SSSR count). The van der Waals surface area contributed by atoms with Crippen molar-refractivity contribution in [1.29, 1.82) is 0 Å². The van der Waals surface area contributed by atoms with E-state index in [0.717, 1.165) is 12.8 Å². The van der Waals surface area contributed by atoms with Crippen LogP contribution in [0, 0.1) is 12.3 Å². The van der Waals surface area contributed by atoms with Gasteiger partial charge in [-0.05, 0) is 46.9 Å². The Kier molecular flexibility index (Phi) is 4.44. The van der Waals surface area contributed by atoms with E-state index in [1.807, 2.05) is 12.1 Å². The zero-order valence-electron chi connectivity index (χ0n) is 16.3. The van der Waals surface area contributed by atoms with E-state index in [4.69, 9.17) is 11.5 Å². The molecule has 0 bridgehead atoms. The van der Waals surface area contributed by atoms with E-state index in [9.17, 15) is 9.90 Å². The van der Waals surface area contributed by atoms with E-state index in [2.05, 4.69) is 39.7 Å². The van der Waals surface area contributed by atoms with Gasteiger partial charge in [0.05, 0.1) is 5.56 Å². The number of terminal acetylenes is 1. The lowest BCUT2D eigenvalue weighted by Crippen LogP contribution is -2.35. The van der Waals surface area contributed by atoms with Crippen LogP contribution in [0.1, 0.15) is 73.1 Å². The average molecular weight is 362 g/mol. The Hall–Kier alpha value is -2.57. The molecular weight excluding hydrogens is 336 g/mol. The maximum absolute atomic E-state index is 11.3. The van der Waals surface area contributed by atoms with Crippen LogP contribution in [0.4, 0.5) is 0 Å². The number of hydrogen-bond donors (Lipinski definition) is 2. The Morgan fingerprint density at radius 3 is 2.00 bits per heavy atom. The third-order valence-electron chi connectivity index (χ3n) is 6.03. The van der Waals surface area contributed by atoms with Crippen LogP contribution in [0.5, 0.6) is 0 Å². The molecule has 27 heavy (non-hydrogen) atoms. The summed E-state index contributed by atoms with van der Waals surface area (Å²) >= 11 is 0. The van der Waals surface area contributed by atoms with Crippen LogP contribution in [0.15, 0.2) is 42.5 Å². The number of fused-ring (bicyclic) bond motifs is 1. The average Bonchev–Trinajstić information content (AvgIpc) is 2.64. The van der Waals surface area contributed by atoms with E-state index in [-0.39, 0.29) is 16.4 Å². The minimum Gasteiger partial charge on any atom is -0.478 e. The van der Waals surface area contributed by atoms with Gasteiger partial charge < -0.3 is 10.2 Å². The molecule has 2 aromatic rings. The number of aliphatic hydroxyl groups is 1.